The quantitative estimate of drug-likeness (QED) is 0.815. The number of hydrogen-bond acceptors (Lipinski definition) is 2. The van der Waals surface area contributed by atoms with E-state index in [-0.39, 0.29) is 28.9 Å². The largest absolute Gasteiger partial charge is 0.393 e. The highest BCUT2D eigenvalue weighted by Gasteiger charge is 2.24. The topological polar surface area (TPSA) is 55.1 Å². The summed E-state index contributed by atoms with van der Waals surface area (Å²) >= 11 is 4.83. The molecular formula is C13H16F2N2OS. The van der Waals surface area contributed by atoms with Crippen LogP contribution in [0.4, 0.5) is 8.78 Å². The number of amides is 1. The Bertz CT molecular complexity index is 492. The van der Waals surface area contributed by atoms with Gasteiger partial charge in [0, 0.05) is 12.1 Å². The first kappa shape index (κ1) is 15.5. The van der Waals surface area contributed by atoms with Crippen LogP contribution in [0, 0.1) is 23.5 Å². The van der Waals surface area contributed by atoms with Crippen molar-refractivity contribution >= 4 is 23.1 Å². The Morgan fingerprint density at radius 3 is 2.58 bits per heavy atom. The van der Waals surface area contributed by atoms with E-state index in [2.05, 4.69) is 5.32 Å². The Morgan fingerprint density at radius 1 is 1.42 bits per heavy atom. The van der Waals surface area contributed by atoms with Crippen molar-refractivity contribution in [2.24, 2.45) is 17.6 Å². The number of carbonyl (C=O) groups is 1. The summed E-state index contributed by atoms with van der Waals surface area (Å²) in [5.41, 5.74) is 5.58. The van der Waals surface area contributed by atoms with Crippen molar-refractivity contribution in [3.63, 3.8) is 0 Å². The monoisotopic (exact) mass is 286 g/mol. The van der Waals surface area contributed by atoms with E-state index < -0.39 is 17.6 Å². The minimum Gasteiger partial charge on any atom is -0.393 e. The molecule has 6 heteroatoms. The zero-order valence-electron chi connectivity index (χ0n) is 10.7. The molecule has 0 fully saturated rings. The van der Waals surface area contributed by atoms with Gasteiger partial charge in [0.25, 0.3) is 0 Å². The lowest BCUT2D eigenvalue weighted by atomic mass is 9.95. The molecule has 3 N–H and O–H groups in total. The average Bonchev–Trinajstić information content (AvgIpc) is 2.29. The van der Waals surface area contributed by atoms with Gasteiger partial charge in [-0.05, 0) is 24.1 Å². The maximum absolute atomic E-state index is 13.4. The third kappa shape index (κ3) is 4.24. The van der Waals surface area contributed by atoms with E-state index in [0.717, 1.165) is 18.2 Å². The van der Waals surface area contributed by atoms with Crippen molar-refractivity contribution < 1.29 is 13.6 Å². The van der Waals surface area contributed by atoms with Crippen molar-refractivity contribution in [1.29, 1.82) is 0 Å². The maximum Gasteiger partial charge on any atom is 0.230 e. The van der Waals surface area contributed by atoms with Crippen LogP contribution in [-0.2, 0) is 11.3 Å². The van der Waals surface area contributed by atoms with Crippen LogP contribution in [0.2, 0.25) is 0 Å². The van der Waals surface area contributed by atoms with Gasteiger partial charge >= 0.3 is 0 Å². The summed E-state index contributed by atoms with van der Waals surface area (Å²) in [6.07, 6.45) is 0. The molecule has 0 aliphatic heterocycles. The van der Waals surface area contributed by atoms with Crippen molar-refractivity contribution in [3.8, 4) is 0 Å². The van der Waals surface area contributed by atoms with Crippen LogP contribution in [0.1, 0.15) is 19.4 Å². The van der Waals surface area contributed by atoms with Gasteiger partial charge in [0.2, 0.25) is 5.91 Å². The Balaban J connectivity index is 2.73. The first-order valence-corrected chi connectivity index (χ1v) is 6.24. The highest BCUT2D eigenvalue weighted by atomic mass is 32.1. The van der Waals surface area contributed by atoms with Crippen molar-refractivity contribution in [2.75, 3.05) is 0 Å². The molecule has 3 nitrogen and oxygen atoms in total. The number of halogens is 2. The predicted molar refractivity (Wildman–Crippen MR) is 73.3 cm³/mol. The molecule has 1 amide bonds. The summed E-state index contributed by atoms with van der Waals surface area (Å²) in [4.78, 5) is 12.0. The van der Waals surface area contributed by atoms with Gasteiger partial charge in [-0.15, -0.1) is 0 Å². The molecule has 0 saturated carbocycles. The van der Waals surface area contributed by atoms with Gasteiger partial charge in [0.15, 0.2) is 0 Å². The molecule has 0 aromatic heterocycles. The number of nitrogens with one attached hydrogen (secondary N) is 1. The van der Waals surface area contributed by atoms with Crippen LogP contribution < -0.4 is 11.1 Å². The number of nitrogens with two attached hydrogens (primary N) is 1. The Kier molecular flexibility index (Phi) is 5.35. The second kappa shape index (κ2) is 6.56. The zero-order chi connectivity index (χ0) is 14.6. The molecule has 1 aromatic rings. The fourth-order valence-electron chi connectivity index (χ4n) is 1.73. The minimum absolute atomic E-state index is 0.0603. The number of benzene rings is 1. The molecule has 0 radical (unpaired) electrons. The molecule has 1 rings (SSSR count). The van der Waals surface area contributed by atoms with Gasteiger partial charge < -0.3 is 11.1 Å². The van der Waals surface area contributed by atoms with Gasteiger partial charge in [-0.2, -0.15) is 0 Å². The predicted octanol–water partition coefficient (Wildman–Crippen LogP) is 2.14. The highest BCUT2D eigenvalue weighted by Crippen LogP contribution is 2.13. The summed E-state index contributed by atoms with van der Waals surface area (Å²) < 4.78 is 26.3. The van der Waals surface area contributed by atoms with Crippen LogP contribution in [0.5, 0.6) is 0 Å². The molecule has 0 saturated heterocycles. The van der Waals surface area contributed by atoms with E-state index in [1.165, 1.54) is 0 Å². The van der Waals surface area contributed by atoms with E-state index in [9.17, 15) is 13.6 Å². The van der Waals surface area contributed by atoms with Crippen molar-refractivity contribution in [3.05, 3.63) is 35.4 Å². The third-order valence-corrected chi connectivity index (χ3v) is 2.97. The van der Waals surface area contributed by atoms with E-state index in [0.29, 0.717) is 0 Å². The molecule has 0 spiro atoms. The summed E-state index contributed by atoms with van der Waals surface area (Å²) in [7, 11) is 0. The first-order valence-electron chi connectivity index (χ1n) is 5.84. The Morgan fingerprint density at radius 2 is 2.05 bits per heavy atom. The summed E-state index contributed by atoms with van der Waals surface area (Å²) in [6, 6.07) is 3.08. The smallest absolute Gasteiger partial charge is 0.230 e. The number of carbonyl (C=O) groups excluding carboxylic acids is 1. The highest BCUT2D eigenvalue weighted by molar-refractivity contribution is 7.80. The molecule has 1 atom stereocenters. The molecular weight excluding hydrogens is 270 g/mol. The van der Waals surface area contributed by atoms with Crippen LogP contribution in [-0.4, -0.2) is 10.9 Å². The SMILES string of the molecule is CC(C)C(C(=O)NCc1cc(F)ccc1F)C(N)=S. The van der Waals surface area contributed by atoms with Crippen LogP contribution in [0.15, 0.2) is 18.2 Å². The molecule has 0 bridgehead atoms. The van der Waals surface area contributed by atoms with E-state index in [1.807, 2.05) is 13.8 Å². The Labute approximate surface area is 116 Å². The third-order valence-electron chi connectivity index (χ3n) is 2.72. The van der Waals surface area contributed by atoms with Gasteiger partial charge in [-0.25, -0.2) is 8.78 Å². The normalized spacial score (nSPS) is 12.3. The Hall–Kier alpha value is -1.56. The first-order chi connectivity index (χ1) is 8.82. The lowest BCUT2D eigenvalue weighted by Crippen LogP contribution is -2.40. The second-order valence-electron chi connectivity index (χ2n) is 4.58. The number of thiocarbonyl (C=S) groups is 1. The van der Waals surface area contributed by atoms with Gasteiger partial charge in [0.05, 0.1) is 10.9 Å². The molecule has 1 unspecified atom stereocenters. The summed E-state index contributed by atoms with van der Waals surface area (Å²) in [5, 5.41) is 2.52. The fourth-order valence-corrected chi connectivity index (χ4v) is 2.11. The standard InChI is InChI=1S/C13H16F2N2OS/c1-7(2)11(12(16)19)13(18)17-6-8-5-9(14)3-4-10(8)15/h3-5,7,11H,6H2,1-2H3,(H2,16,19)(H,17,18). The van der Waals surface area contributed by atoms with Crippen molar-refractivity contribution in [1.82, 2.24) is 5.32 Å². The van der Waals surface area contributed by atoms with Gasteiger partial charge in [-0.1, -0.05) is 26.1 Å². The van der Waals surface area contributed by atoms with Crippen molar-refractivity contribution in [2.45, 2.75) is 20.4 Å². The second-order valence-corrected chi connectivity index (χ2v) is 5.05. The van der Waals surface area contributed by atoms with E-state index in [1.54, 1.807) is 0 Å². The lowest BCUT2D eigenvalue weighted by molar-refractivity contribution is -0.124. The molecule has 0 heterocycles. The molecule has 0 aliphatic carbocycles. The average molecular weight is 286 g/mol. The molecule has 104 valence electrons. The minimum atomic E-state index is -0.619. The lowest BCUT2D eigenvalue weighted by Gasteiger charge is -2.18. The summed E-state index contributed by atoms with van der Waals surface area (Å²) in [6.45, 7) is 3.52. The maximum atomic E-state index is 13.4. The zero-order valence-corrected chi connectivity index (χ0v) is 11.6. The molecule has 1 aromatic carbocycles. The van der Waals surface area contributed by atoms with Crippen LogP contribution >= 0.6 is 12.2 Å². The van der Waals surface area contributed by atoms with Crippen LogP contribution in [0.25, 0.3) is 0 Å². The fraction of sp³-hybridized carbons (Fsp3) is 0.385. The number of rotatable bonds is 5. The van der Waals surface area contributed by atoms with E-state index >= 15 is 0 Å². The summed E-state index contributed by atoms with van der Waals surface area (Å²) in [5.74, 6) is -2.19. The molecule has 19 heavy (non-hydrogen) atoms. The number of hydrogen-bond donors (Lipinski definition) is 2. The van der Waals surface area contributed by atoms with Gasteiger partial charge in [0.1, 0.15) is 11.6 Å². The molecule has 0 aliphatic rings. The van der Waals surface area contributed by atoms with Crippen LogP contribution in [0.3, 0.4) is 0 Å². The van der Waals surface area contributed by atoms with E-state index in [4.69, 9.17) is 18.0 Å². The van der Waals surface area contributed by atoms with Gasteiger partial charge in [-0.3, -0.25) is 4.79 Å².